The smallest absolute Gasteiger partial charge is 0.320 e. The third-order valence-corrected chi connectivity index (χ3v) is 3.70. The van der Waals surface area contributed by atoms with E-state index in [-0.39, 0.29) is 6.04 Å². The zero-order valence-corrected chi connectivity index (χ0v) is 8.54. The molecular formula is C11H19NO2. The quantitative estimate of drug-likeness (QED) is 0.709. The highest BCUT2D eigenvalue weighted by atomic mass is 16.4. The van der Waals surface area contributed by atoms with Crippen molar-refractivity contribution in [3.8, 4) is 0 Å². The zero-order chi connectivity index (χ0) is 9.97. The lowest BCUT2D eigenvalue weighted by molar-refractivity contribution is -0.139. The van der Waals surface area contributed by atoms with Gasteiger partial charge in [-0.3, -0.25) is 4.79 Å². The van der Waals surface area contributed by atoms with Gasteiger partial charge in [0.05, 0.1) is 0 Å². The average molecular weight is 197 g/mol. The van der Waals surface area contributed by atoms with Gasteiger partial charge < -0.3 is 10.4 Å². The monoisotopic (exact) mass is 197 g/mol. The van der Waals surface area contributed by atoms with E-state index in [0.717, 1.165) is 18.8 Å². The van der Waals surface area contributed by atoms with E-state index in [1.54, 1.807) is 0 Å². The Bertz CT molecular complexity index is 211. The predicted octanol–water partition coefficient (Wildman–Crippen LogP) is 1.77. The van der Waals surface area contributed by atoms with Crippen molar-refractivity contribution in [2.24, 2.45) is 5.92 Å². The van der Waals surface area contributed by atoms with Crippen molar-refractivity contribution in [2.45, 2.75) is 57.0 Å². The van der Waals surface area contributed by atoms with E-state index >= 15 is 0 Å². The normalized spacial score (nSPS) is 34.6. The average Bonchev–Trinajstić information content (AvgIpc) is 2.68. The maximum Gasteiger partial charge on any atom is 0.320 e. The molecule has 1 saturated heterocycles. The van der Waals surface area contributed by atoms with E-state index in [4.69, 9.17) is 5.11 Å². The fraction of sp³-hybridized carbons (Fsp3) is 0.909. The van der Waals surface area contributed by atoms with Crippen LogP contribution in [0, 0.1) is 5.92 Å². The van der Waals surface area contributed by atoms with Gasteiger partial charge in [-0.25, -0.2) is 0 Å². The second-order valence-corrected chi connectivity index (χ2v) is 4.64. The van der Waals surface area contributed by atoms with Crippen molar-refractivity contribution in [1.82, 2.24) is 5.32 Å². The number of carboxylic acids is 1. The van der Waals surface area contributed by atoms with Crippen molar-refractivity contribution in [2.75, 3.05) is 0 Å². The summed E-state index contributed by atoms with van der Waals surface area (Å²) in [7, 11) is 0. The van der Waals surface area contributed by atoms with Crippen LogP contribution in [0.2, 0.25) is 0 Å². The van der Waals surface area contributed by atoms with Crippen LogP contribution < -0.4 is 5.32 Å². The molecule has 3 nitrogen and oxygen atoms in total. The van der Waals surface area contributed by atoms with Gasteiger partial charge in [0.1, 0.15) is 6.04 Å². The first kappa shape index (κ1) is 9.97. The van der Waals surface area contributed by atoms with Crippen LogP contribution >= 0.6 is 0 Å². The molecule has 0 amide bonds. The molecule has 2 N–H and O–H groups in total. The van der Waals surface area contributed by atoms with Gasteiger partial charge in [-0.2, -0.15) is 0 Å². The summed E-state index contributed by atoms with van der Waals surface area (Å²) >= 11 is 0. The van der Waals surface area contributed by atoms with Crippen LogP contribution in [0.1, 0.15) is 44.9 Å². The van der Waals surface area contributed by atoms with E-state index in [1.807, 2.05) is 0 Å². The Kier molecular flexibility index (Phi) is 3.06. The molecule has 3 heteroatoms. The molecule has 0 unspecified atom stereocenters. The lowest BCUT2D eigenvalue weighted by atomic mass is 9.83. The molecule has 2 fully saturated rings. The highest BCUT2D eigenvalue weighted by molar-refractivity contribution is 5.73. The molecule has 1 aliphatic carbocycles. The Hall–Kier alpha value is -0.570. The molecule has 0 bridgehead atoms. The fourth-order valence-electron chi connectivity index (χ4n) is 2.87. The first-order valence-corrected chi connectivity index (χ1v) is 5.76. The van der Waals surface area contributed by atoms with Crippen LogP contribution in [0.15, 0.2) is 0 Å². The lowest BCUT2D eigenvalue weighted by Gasteiger charge is -2.27. The molecule has 0 aromatic rings. The second-order valence-electron chi connectivity index (χ2n) is 4.64. The molecule has 1 heterocycles. The van der Waals surface area contributed by atoms with Gasteiger partial charge in [0.2, 0.25) is 0 Å². The lowest BCUT2D eigenvalue weighted by Crippen LogP contribution is -2.39. The first-order valence-electron chi connectivity index (χ1n) is 5.76. The Morgan fingerprint density at radius 1 is 1.07 bits per heavy atom. The standard InChI is InChI=1S/C11H19NO2/c13-11(14)10-7-6-9(12-10)8-4-2-1-3-5-8/h8-10,12H,1-7H2,(H,13,14)/t9-,10-/m1/s1. The van der Waals surface area contributed by atoms with Gasteiger partial charge in [-0.1, -0.05) is 19.3 Å². The van der Waals surface area contributed by atoms with Gasteiger partial charge in [-0.15, -0.1) is 0 Å². The van der Waals surface area contributed by atoms with Crippen molar-refractivity contribution in [3.05, 3.63) is 0 Å². The highest BCUT2D eigenvalue weighted by Crippen LogP contribution is 2.31. The largest absolute Gasteiger partial charge is 0.480 e. The summed E-state index contributed by atoms with van der Waals surface area (Å²) in [5.41, 5.74) is 0. The molecule has 2 rings (SSSR count). The Balaban J connectivity index is 1.85. The molecule has 0 aromatic carbocycles. The van der Waals surface area contributed by atoms with Crippen LogP contribution in [-0.4, -0.2) is 23.2 Å². The van der Waals surface area contributed by atoms with E-state index in [1.165, 1.54) is 32.1 Å². The summed E-state index contributed by atoms with van der Waals surface area (Å²) in [5, 5.41) is 12.1. The number of nitrogens with one attached hydrogen (secondary N) is 1. The van der Waals surface area contributed by atoms with Crippen molar-refractivity contribution in [1.29, 1.82) is 0 Å². The summed E-state index contributed by atoms with van der Waals surface area (Å²) < 4.78 is 0. The Morgan fingerprint density at radius 3 is 2.36 bits per heavy atom. The number of hydrogen-bond donors (Lipinski definition) is 2. The zero-order valence-electron chi connectivity index (χ0n) is 8.54. The van der Waals surface area contributed by atoms with Crippen LogP contribution in [0.4, 0.5) is 0 Å². The van der Waals surface area contributed by atoms with E-state index < -0.39 is 5.97 Å². The third-order valence-electron chi connectivity index (χ3n) is 3.70. The van der Waals surface area contributed by atoms with E-state index in [9.17, 15) is 4.79 Å². The molecule has 1 saturated carbocycles. The molecule has 1 aliphatic heterocycles. The summed E-state index contributed by atoms with van der Waals surface area (Å²) in [5.74, 6) is 0.0661. The van der Waals surface area contributed by atoms with Gasteiger partial charge in [0, 0.05) is 6.04 Å². The van der Waals surface area contributed by atoms with Crippen LogP contribution in [0.5, 0.6) is 0 Å². The number of carboxylic acid groups (broad SMARTS) is 1. The fourth-order valence-corrected chi connectivity index (χ4v) is 2.87. The highest BCUT2D eigenvalue weighted by Gasteiger charge is 2.33. The number of hydrogen-bond acceptors (Lipinski definition) is 2. The predicted molar refractivity (Wildman–Crippen MR) is 54.2 cm³/mol. The summed E-state index contributed by atoms with van der Waals surface area (Å²) in [6.07, 6.45) is 8.50. The maximum atomic E-state index is 10.8. The van der Waals surface area contributed by atoms with Crippen molar-refractivity contribution in [3.63, 3.8) is 0 Å². The van der Waals surface area contributed by atoms with Crippen LogP contribution in [-0.2, 0) is 4.79 Å². The van der Waals surface area contributed by atoms with Gasteiger partial charge >= 0.3 is 5.97 Å². The van der Waals surface area contributed by atoms with Crippen molar-refractivity contribution >= 4 is 5.97 Å². The minimum Gasteiger partial charge on any atom is -0.480 e. The number of carbonyl (C=O) groups is 1. The summed E-state index contributed by atoms with van der Waals surface area (Å²) in [4.78, 5) is 10.8. The molecule has 80 valence electrons. The minimum atomic E-state index is -0.677. The van der Waals surface area contributed by atoms with Crippen LogP contribution in [0.3, 0.4) is 0 Å². The first-order chi connectivity index (χ1) is 6.77. The third kappa shape index (κ3) is 2.08. The summed E-state index contributed by atoms with van der Waals surface area (Å²) in [6, 6.07) is 0.207. The van der Waals surface area contributed by atoms with E-state index in [0.29, 0.717) is 6.04 Å². The Labute approximate surface area is 84.9 Å². The number of rotatable bonds is 2. The number of aliphatic carboxylic acids is 1. The van der Waals surface area contributed by atoms with Gasteiger partial charge in [0.25, 0.3) is 0 Å². The molecule has 0 radical (unpaired) electrons. The molecule has 0 aromatic heterocycles. The molecule has 0 spiro atoms. The molecule has 14 heavy (non-hydrogen) atoms. The second kappa shape index (κ2) is 4.30. The summed E-state index contributed by atoms with van der Waals surface area (Å²) in [6.45, 7) is 0. The molecule has 2 atom stereocenters. The maximum absolute atomic E-state index is 10.8. The van der Waals surface area contributed by atoms with Gasteiger partial charge in [0.15, 0.2) is 0 Å². The van der Waals surface area contributed by atoms with Crippen LogP contribution in [0.25, 0.3) is 0 Å². The SMILES string of the molecule is O=C(O)[C@H]1CC[C@H](C2CCCCC2)N1. The topological polar surface area (TPSA) is 49.3 Å². The van der Waals surface area contributed by atoms with Gasteiger partial charge in [-0.05, 0) is 31.6 Å². The minimum absolute atomic E-state index is 0.276. The molecule has 2 aliphatic rings. The Morgan fingerprint density at radius 2 is 1.79 bits per heavy atom. The van der Waals surface area contributed by atoms with E-state index in [2.05, 4.69) is 5.32 Å². The van der Waals surface area contributed by atoms with Crippen molar-refractivity contribution < 1.29 is 9.90 Å². The molecular weight excluding hydrogens is 178 g/mol.